The van der Waals surface area contributed by atoms with Crippen molar-refractivity contribution in [2.45, 2.75) is 23.8 Å². The van der Waals surface area contributed by atoms with Crippen molar-refractivity contribution in [3.8, 4) is 0 Å². The van der Waals surface area contributed by atoms with Gasteiger partial charge in [0.15, 0.2) is 0 Å². The third-order valence-electron chi connectivity index (χ3n) is 2.74. The van der Waals surface area contributed by atoms with Crippen molar-refractivity contribution < 1.29 is 13.5 Å². The molecule has 1 heterocycles. The highest BCUT2D eigenvalue weighted by molar-refractivity contribution is 7.89. The van der Waals surface area contributed by atoms with Crippen LogP contribution in [0.2, 0.25) is 0 Å². The zero-order chi connectivity index (χ0) is 11.6. The molecular formula is C11H15NO3S. The lowest BCUT2D eigenvalue weighted by Gasteiger charge is -2.29. The fourth-order valence-electron chi connectivity index (χ4n) is 1.88. The number of sulfonamides is 1. The smallest absolute Gasteiger partial charge is 0.243 e. The summed E-state index contributed by atoms with van der Waals surface area (Å²) in [5.41, 5.74) is 0. The summed E-state index contributed by atoms with van der Waals surface area (Å²) in [4.78, 5) is 0.295. The topological polar surface area (TPSA) is 57.6 Å². The molecule has 0 radical (unpaired) electrons. The molecule has 0 bridgehead atoms. The molecule has 1 aliphatic heterocycles. The van der Waals surface area contributed by atoms with Crippen molar-refractivity contribution in [3.05, 3.63) is 30.3 Å². The summed E-state index contributed by atoms with van der Waals surface area (Å²) in [6, 6.07) is 8.34. The van der Waals surface area contributed by atoms with Gasteiger partial charge in [0, 0.05) is 13.1 Å². The van der Waals surface area contributed by atoms with Crippen LogP contribution < -0.4 is 0 Å². The first kappa shape index (κ1) is 11.6. The van der Waals surface area contributed by atoms with Crippen LogP contribution in [-0.4, -0.2) is 37.0 Å². The molecule has 4 nitrogen and oxygen atoms in total. The number of β-amino-alcohol motifs (C(OH)–C–C–N with tert-alkyl or cyclic N) is 1. The number of hydrogen-bond acceptors (Lipinski definition) is 3. The van der Waals surface area contributed by atoms with Crippen molar-refractivity contribution >= 4 is 10.0 Å². The van der Waals surface area contributed by atoms with Gasteiger partial charge in [-0.15, -0.1) is 0 Å². The number of benzene rings is 1. The summed E-state index contributed by atoms with van der Waals surface area (Å²) in [5.74, 6) is 0. The van der Waals surface area contributed by atoms with Crippen molar-refractivity contribution in [2.75, 3.05) is 13.1 Å². The first-order valence-electron chi connectivity index (χ1n) is 5.34. The minimum absolute atomic E-state index is 0.206. The van der Waals surface area contributed by atoms with Gasteiger partial charge in [0.05, 0.1) is 11.0 Å². The van der Waals surface area contributed by atoms with Gasteiger partial charge < -0.3 is 5.11 Å². The monoisotopic (exact) mass is 241 g/mol. The van der Waals surface area contributed by atoms with Crippen LogP contribution in [-0.2, 0) is 10.0 Å². The van der Waals surface area contributed by atoms with Crippen LogP contribution in [0.1, 0.15) is 12.8 Å². The molecule has 0 aliphatic carbocycles. The van der Waals surface area contributed by atoms with Crippen LogP contribution in [0.5, 0.6) is 0 Å². The first-order chi connectivity index (χ1) is 7.60. The van der Waals surface area contributed by atoms with Gasteiger partial charge in [-0.2, -0.15) is 4.31 Å². The van der Waals surface area contributed by atoms with Gasteiger partial charge in [0.25, 0.3) is 0 Å². The largest absolute Gasteiger partial charge is 0.392 e. The highest BCUT2D eigenvalue weighted by atomic mass is 32.2. The molecule has 5 heteroatoms. The van der Waals surface area contributed by atoms with E-state index in [0.29, 0.717) is 24.3 Å². The molecule has 16 heavy (non-hydrogen) atoms. The number of hydrogen-bond donors (Lipinski definition) is 1. The Balaban J connectivity index is 2.26. The fourth-order valence-corrected chi connectivity index (χ4v) is 3.42. The quantitative estimate of drug-likeness (QED) is 0.834. The predicted octanol–water partition coefficient (Wildman–Crippen LogP) is 0.832. The molecule has 1 atom stereocenters. The summed E-state index contributed by atoms with van der Waals surface area (Å²) in [7, 11) is -3.42. The lowest BCUT2D eigenvalue weighted by atomic mass is 10.1. The maximum atomic E-state index is 12.1. The van der Waals surface area contributed by atoms with Crippen LogP contribution in [0, 0.1) is 0 Å². The molecule has 0 aromatic heterocycles. The highest BCUT2D eigenvalue weighted by Gasteiger charge is 2.28. The molecule has 1 N–H and O–H groups in total. The molecule has 0 spiro atoms. The van der Waals surface area contributed by atoms with Gasteiger partial charge >= 0.3 is 0 Å². The first-order valence-corrected chi connectivity index (χ1v) is 6.78. The number of aliphatic hydroxyl groups excluding tert-OH is 1. The third-order valence-corrected chi connectivity index (χ3v) is 4.62. The number of rotatable bonds is 2. The highest BCUT2D eigenvalue weighted by Crippen LogP contribution is 2.20. The number of nitrogens with zero attached hydrogens (tertiary/aromatic N) is 1. The lowest BCUT2D eigenvalue weighted by Crippen LogP contribution is -2.42. The van der Waals surface area contributed by atoms with Crippen molar-refractivity contribution in [1.82, 2.24) is 4.31 Å². The SMILES string of the molecule is O=S(=O)(c1ccccc1)N1CCC[C@H](O)C1. The third kappa shape index (κ3) is 2.26. The van der Waals surface area contributed by atoms with Gasteiger partial charge in [-0.3, -0.25) is 0 Å². The van der Waals surface area contributed by atoms with Crippen LogP contribution in [0.25, 0.3) is 0 Å². The summed E-state index contributed by atoms with van der Waals surface area (Å²) < 4.78 is 25.7. The van der Waals surface area contributed by atoms with Crippen LogP contribution in [0.15, 0.2) is 35.2 Å². The molecule has 0 amide bonds. The molecule has 0 unspecified atom stereocenters. The van der Waals surface area contributed by atoms with Crippen molar-refractivity contribution in [3.63, 3.8) is 0 Å². The van der Waals surface area contributed by atoms with Gasteiger partial charge in [-0.1, -0.05) is 18.2 Å². The molecule has 1 aromatic rings. The summed E-state index contributed by atoms with van der Waals surface area (Å²) >= 11 is 0. The van der Waals surface area contributed by atoms with E-state index in [1.54, 1.807) is 30.3 Å². The van der Waals surface area contributed by atoms with Crippen LogP contribution >= 0.6 is 0 Å². The molecule has 88 valence electrons. The zero-order valence-corrected chi connectivity index (χ0v) is 9.73. The molecule has 1 fully saturated rings. The Labute approximate surface area is 95.6 Å². The van der Waals surface area contributed by atoms with E-state index in [0.717, 1.165) is 0 Å². The Morgan fingerprint density at radius 1 is 1.25 bits per heavy atom. The maximum absolute atomic E-state index is 12.1. The van der Waals surface area contributed by atoms with E-state index in [1.165, 1.54) is 4.31 Å². The minimum Gasteiger partial charge on any atom is -0.392 e. The van der Waals surface area contributed by atoms with E-state index in [4.69, 9.17) is 0 Å². The Hall–Kier alpha value is -0.910. The Bertz CT molecular complexity index is 444. The van der Waals surface area contributed by atoms with Crippen molar-refractivity contribution in [2.24, 2.45) is 0 Å². The van der Waals surface area contributed by atoms with E-state index < -0.39 is 16.1 Å². The summed E-state index contributed by atoms with van der Waals surface area (Å²) in [6.45, 7) is 0.700. The van der Waals surface area contributed by atoms with Gasteiger partial charge in [0.2, 0.25) is 10.0 Å². The Morgan fingerprint density at radius 3 is 2.56 bits per heavy atom. The van der Waals surface area contributed by atoms with Gasteiger partial charge in [0.1, 0.15) is 0 Å². The normalized spacial score (nSPS) is 23.2. The minimum atomic E-state index is -3.42. The van der Waals surface area contributed by atoms with Crippen LogP contribution in [0.4, 0.5) is 0 Å². The molecule has 1 saturated heterocycles. The second-order valence-electron chi connectivity index (χ2n) is 3.97. The molecular weight excluding hydrogens is 226 g/mol. The summed E-state index contributed by atoms with van der Waals surface area (Å²) in [6.07, 6.45) is 0.862. The van der Waals surface area contributed by atoms with Gasteiger partial charge in [-0.25, -0.2) is 8.42 Å². The molecule has 1 aromatic carbocycles. The van der Waals surface area contributed by atoms with E-state index in [1.807, 2.05) is 0 Å². The molecule has 0 saturated carbocycles. The van der Waals surface area contributed by atoms with Crippen molar-refractivity contribution in [1.29, 1.82) is 0 Å². The average molecular weight is 241 g/mol. The Kier molecular flexibility index (Phi) is 3.28. The second kappa shape index (κ2) is 4.53. The molecule has 1 aliphatic rings. The Morgan fingerprint density at radius 2 is 1.94 bits per heavy atom. The fraction of sp³-hybridized carbons (Fsp3) is 0.455. The lowest BCUT2D eigenvalue weighted by molar-refractivity contribution is 0.108. The van der Waals surface area contributed by atoms with E-state index >= 15 is 0 Å². The number of piperidine rings is 1. The second-order valence-corrected chi connectivity index (χ2v) is 5.91. The predicted molar refractivity (Wildman–Crippen MR) is 60.4 cm³/mol. The van der Waals surface area contributed by atoms with E-state index in [-0.39, 0.29) is 6.54 Å². The molecule has 2 rings (SSSR count). The van der Waals surface area contributed by atoms with E-state index in [9.17, 15) is 13.5 Å². The number of aliphatic hydroxyl groups is 1. The standard InChI is InChI=1S/C11H15NO3S/c13-10-5-4-8-12(9-10)16(14,15)11-6-2-1-3-7-11/h1-3,6-7,10,13H,4-5,8-9H2/t10-/m0/s1. The van der Waals surface area contributed by atoms with Gasteiger partial charge in [-0.05, 0) is 25.0 Å². The maximum Gasteiger partial charge on any atom is 0.243 e. The average Bonchev–Trinajstić information content (AvgIpc) is 2.30. The zero-order valence-electron chi connectivity index (χ0n) is 8.91. The van der Waals surface area contributed by atoms with E-state index in [2.05, 4.69) is 0 Å². The van der Waals surface area contributed by atoms with Crippen LogP contribution in [0.3, 0.4) is 0 Å². The summed E-state index contributed by atoms with van der Waals surface area (Å²) in [5, 5.41) is 9.48.